The first-order chi connectivity index (χ1) is 8.66. The monoisotopic (exact) mass is 256 g/mol. The zero-order valence-electron chi connectivity index (χ0n) is 9.93. The van der Waals surface area contributed by atoms with Gasteiger partial charge in [-0.2, -0.15) is 0 Å². The minimum Gasteiger partial charge on any atom is -0.330 e. The number of benzene rings is 2. The summed E-state index contributed by atoms with van der Waals surface area (Å²) in [6.07, 6.45) is 0. The lowest BCUT2D eigenvalue weighted by atomic mass is 10.1. The van der Waals surface area contributed by atoms with Gasteiger partial charge < -0.3 is 9.55 Å². The van der Waals surface area contributed by atoms with E-state index in [9.17, 15) is 4.79 Å². The van der Waals surface area contributed by atoms with Crippen LogP contribution >= 0.6 is 12.2 Å². The number of hydrogen-bond donors (Lipinski definition) is 1. The average molecular weight is 256 g/mol. The largest absolute Gasteiger partial charge is 0.330 e. The molecule has 90 valence electrons. The third kappa shape index (κ3) is 1.66. The smallest absolute Gasteiger partial charge is 0.178 e. The number of rotatable bonds is 2. The first-order valence-corrected chi connectivity index (χ1v) is 6.17. The highest BCUT2D eigenvalue weighted by Gasteiger charge is 2.08. The number of carbonyl (C=O) groups is 1. The van der Waals surface area contributed by atoms with Gasteiger partial charge in [0.25, 0.3) is 0 Å². The van der Waals surface area contributed by atoms with Crippen LogP contribution < -0.4 is 0 Å². The molecule has 1 aromatic heterocycles. The van der Waals surface area contributed by atoms with E-state index in [0.717, 1.165) is 21.8 Å². The van der Waals surface area contributed by atoms with E-state index in [2.05, 4.69) is 23.2 Å². The van der Waals surface area contributed by atoms with Gasteiger partial charge in [-0.25, -0.2) is 0 Å². The lowest BCUT2D eigenvalue weighted by molar-refractivity contribution is -0.117. The summed E-state index contributed by atoms with van der Waals surface area (Å²) >= 11 is 5.29. The lowest BCUT2D eigenvalue weighted by Crippen LogP contribution is -2.05. The zero-order valence-corrected chi connectivity index (χ0v) is 10.8. The molecular formula is C14H12N2OS. The van der Waals surface area contributed by atoms with Gasteiger partial charge in [-0.05, 0) is 30.6 Å². The third-order valence-electron chi connectivity index (χ3n) is 3.06. The van der Waals surface area contributed by atoms with Crippen LogP contribution in [0, 0.1) is 4.77 Å². The van der Waals surface area contributed by atoms with E-state index in [4.69, 9.17) is 12.2 Å². The molecule has 1 N–H and O–H groups in total. The van der Waals surface area contributed by atoms with Crippen LogP contribution in [0.2, 0.25) is 0 Å². The molecule has 4 heteroatoms. The van der Waals surface area contributed by atoms with Crippen molar-refractivity contribution in [2.45, 2.75) is 13.5 Å². The van der Waals surface area contributed by atoms with Crippen molar-refractivity contribution in [1.82, 2.24) is 9.55 Å². The van der Waals surface area contributed by atoms with Gasteiger partial charge in [0.15, 0.2) is 4.77 Å². The quantitative estimate of drug-likeness (QED) is 0.713. The minimum atomic E-state index is 0.0974. The van der Waals surface area contributed by atoms with E-state index in [-0.39, 0.29) is 5.78 Å². The molecule has 2 aromatic carbocycles. The molecule has 0 aliphatic rings. The molecule has 0 radical (unpaired) electrons. The molecule has 1 heterocycles. The van der Waals surface area contributed by atoms with E-state index >= 15 is 0 Å². The second-order valence-corrected chi connectivity index (χ2v) is 4.79. The minimum absolute atomic E-state index is 0.0974. The fraction of sp³-hybridized carbons (Fsp3) is 0.143. The van der Waals surface area contributed by atoms with Gasteiger partial charge in [-0.3, -0.25) is 4.79 Å². The standard InChI is InChI=1S/C14H12N2OS/c1-9(17)8-16-12-7-6-10-4-2-3-5-11(10)13(12)15-14(16)18/h2-7H,8H2,1H3,(H,15,18). The predicted octanol–water partition coefficient (Wildman–Crippen LogP) is 3.44. The maximum Gasteiger partial charge on any atom is 0.178 e. The summed E-state index contributed by atoms with van der Waals surface area (Å²) in [5, 5.41) is 2.29. The Hall–Kier alpha value is -1.94. The number of imidazole rings is 1. The fourth-order valence-corrected chi connectivity index (χ4v) is 2.54. The normalized spacial score (nSPS) is 11.2. The highest BCUT2D eigenvalue weighted by atomic mass is 32.1. The highest BCUT2D eigenvalue weighted by Crippen LogP contribution is 2.24. The molecule has 0 fully saturated rings. The number of Topliss-reactive ketones (excluding diaryl/α,β-unsaturated/α-hetero) is 1. The van der Waals surface area contributed by atoms with E-state index < -0.39 is 0 Å². The van der Waals surface area contributed by atoms with Gasteiger partial charge in [0.1, 0.15) is 5.78 Å². The number of nitrogens with zero attached hydrogens (tertiary/aromatic N) is 1. The summed E-state index contributed by atoms with van der Waals surface area (Å²) < 4.78 is 2.44. The molecule has 3 aromatic rings. The maximum absolute atomic E-state index is 11.3. The Bertz CT molecular complexity index is 813. The van der Waals surface area contributed by atoms with Crippen molar-refractivity contribution in [3.05, 3.63) is 41.2 Å². The maximum atomic E-state index is 11.3. The molecule has 0 unspecified atom stereocenters. The molecule has 0 bridgehead atoms. The van der Waals surface area contributed by atoms with Crippen LogP contribution in [0.4, 0.5) is 0 Å². The van der Waals surface area contributed by atoms with Crippen LogP contribution in [0.25, 0.3) is 21.8 Å². The van der Waals surface area contributed by atoms with Crippen molar-refractivity contribution in [1.29, 1.82) is 0 Å². The second-order valence-electron chi connectivity index (χ2n) is 4.40. The Labute approximate surface area is 109 Å². The Balaban J connectivity index is 2.41. The van der Waals surface area contributed by atoms with Crippen LogP contribution in [0.5, 0.6) is 0 Å². The van der Waals surface area contributed by atoms with Crippen LogP contribution in [0.3, 0.4) is 0 Å². The molecule has 0 saturated carbocycles. The van der Waals surface area contributed by atoms with Crippen LogP contribution in [0.15, 0.2) is 36.4 Å². The Kier molecular flexibility index (Phi) is 2.52. The van der Waals surface area contributed by atoms with Crippen LogP contribution in [-0.2, 0) is 11.3 Å². The van der Waals surface area contributed by atoms with Crippen molar-refractivity contribution in [3.63, 3.8) is 0 Å². The van der Waals surface area contributed by atoms with Crippen molar-refractivity contribution in [2.75, 3.05) is 0 Å². The molecule has 0 saturated heterocycles. The third-order valence-corrected chi connectivity index (χ3v) is 3.38. The molecule has 3 nitrogen and oxygen atoms in total. The molecule has 3 rings (SSSR count). The fourth-order valence-electron chi connectivity index (χ4n) is 2.28. The number of nitrogens with one attached hydrogen (secondary N) is 1. The van der Waals surface area contributed by atoms with Gasteiger partial charge in [-0.15, -0.1) is 0 Å². The molecule has 18 heavy (non-hydrogen) atoms. The summed E-state index contributed by atoms with van der Waals surface area (Å²) in [7, 11) is 0. The van der Waals surface area contributed by atoms with Gasteiger partial charge in [-0.1, -0.05) is 30.3 Å². The highest BCUT2D eigenvalue weighted by molar-refractivity contribution is 7.71. The Morgan fingerprint density at radius 3 is 2.83 bits per heavy atom. The van der Waals surface area contributed by atoms with Gasteiger partial charge in [0.05, 0.1) is 17.6 Å². The van der Waals surface area contributed by atoms with E-state index in [1.807, 2.05) is 22.8 Å². The summed E-state index contributed by atoms with van der Waals surface area (Å²) in [5.41, 5.74) is 1.98. The SMILES string of the molecule is CC(=O)Cn1c(=S)[nH]c2c3ccccc3ccc21. The molecule has 0 amide bonds. The topological polar surface area (TPSA) is 37.8 Å². The zero-order chi connectivity index (χ0) is 12.7. The Morgan fingerprint density at radius 1 is 1.28 bits per heavy atom. The number of hydrogen-bond acceptors (Lipinski definition) is 2. The summed E-state index contributed by atoms with van der Waals surface area (Å²) in [6, 6.07) is 12.2. The number of carbonyl (C=O) groups excluding carboxylic acids is 1. The summed E-state index contributed by atoms with van der Waals surface area (Å²) in [5.74, 6) is 0.0974. The number of fused-ring (bicyclic) bond motifs is 3. The summed E-state index contributed by atoms with van der Waals surface area (Å²) in [6.45, 7) is 1.89. The molecule has 0 aliphatic heterocycles. The number of ketones is 1. The van der Waals surface area contributed by atoms with Crippen molar-refractivity contribution >= 4 is 39.8 Å². The van der Waals surface area contributed by atoms with Gasteiger partial charge >= 0.3 is 0 Å². The van der Waals surface area contributed by atoms with Crippen molar-refractivity contribution < 1.29 is 4.79 Å². The predicted molar refractivity (Wildman–Crippen MR) is 75.3 cm³/mol. The summed E-state index contributed by atoms with van der Waals surface area (Å²) in [4.78, 5) is 14.5. The van der Waals surface area contributed by atoms with Gasteiger partial charge in [0.2, 0.25) is 0 Å². The van der Waals surface area contributed by atoms with E-state index in [0.29, 0.717) is 11.3 Å². The van der Waals surface area contributed by atoms with E-state index in [1.165, 1.54) is 0 Å². The lowest BCUT2D eigenvalue weighted by Gasteiger charge is -2.02. The van der Waals surface area contributed by atoms with Gasteiger partial charge in [0, 0.05) is 5.39 Å². The van der Waals surface area contributed by atoms with E-state index in [1.54, 1.807) is 6.92 Å². The number of aromatic nitrogens is 2. The molecular weight excluding hydrogens is 244 g/mol. The van der Waals surface area contributed by atoms with Crippen molar-refractivity contribution in [3.8, 4) is 0 Å². The second kappa shape index (κ2) is 4.07. The first kappa shape index (κ1) is 11.2. The number of aromatic amines is 1. The average Bonchev–Trinajstić information content (AvgIpc) is 2.66. The van der Waals surface area contributed by atoms with Crippen LogP contribution in [0.1, 0.15) is 6.92 Å². The molecule has 0 spiro atoms. The van der Waals surface area contributed by atoms with Crippen LogP contribution in [-0.4, -0.2) is 15.3 Å². The first-order valence-electron chi connectivity index (χ1n) is 5.76. The van der Waals surface area contributed by atoms with Crippen molar-refractivity contribution in [2.24, 2.45) is 0 Å². The molecule has 0 atom stereocenters. The number of H-pyrrole nitrogens is 1. The Morgan fingerprint density at radius 2 is 2.06 bits per heavy atom. The molecule has 0 aliphatic carbocycles.